The molecule has 1 aromatic carbocycles. The fourth-order valence-electron chi connectivity index (χ4n) is 2.88. The van der Waals surface area contributed by atoms with E-state index in [0.29, 0.717) is 31.5 Å². The Morgan fingerprint density at radius 1 is 1.17 bits per heavy atom. The first-order chi connectivity index (χ1) is 11.0. The van der Waals surface area contributed by atoms with Crippen molar-refractivity contribution in [1.82, 2.24) is 10.2 Å². The van der Waals surface area contributed by atoms with E-state index in [-0.39, 0.29) is 12.7 Å². The first-order valence-corrected chi connectivity index (χ1v) is 8.38. The van der Waals surface area contributed by atoms with Crippen molar-refractivity contribution in [3.05, 3.63) is 23.8 Å². The number of aryl methyl sites for hydroxylation is 1. The normalized spacial score (nSPS) is 13.2. The van der Waals surface area contributed by atoms with Crippen LogP contribution in [-0.2, 0) is 11.2 Å². The summed E-state index contributed by atoms with van der Waals surface area (Å²) in [6, 6.07) is 6.81. The monoisotopic (exact) mass is 320 g/mol. The zero-order chi connectivity index (χ0) is 16.8. The molecular formula is C18H28N2O3. The van der Waals surface area contributed by atoms with Gasteiger partial charge in [-0.2, -0.15) is 0 Å². The number of fused-ring (bicyclic) bond motifs is 1. The van der Waals surface area contributed by atoms with Crippen molar-refractivity contribution < 1.29 is 14.3 Å². The summed E-state index contributed by atoms with van der Waals surface area (Å²) in [5, 5.41) is 3.01. The second kappa shape index (κ2) is 8.20. The van der Waals surface area contributed by atoms with Crippen molar-refractivity contribution in [2.75, 3.05) is 19.9 Å². The maximum Gasteiger partial charge on any atom is 0.231 e. The molecule has 0 unspecified atom stereocenters. The van der Waals surface area contributed by atoms with Crippen molar-refractivity contribution in [3.8, 4) is 11.5 Å². The maximum atomic E-state index is 12.0. The van der Waals surface area contributed by atoms with Crippen molar-refractivity contribution in [2.24, 2.45) is 0 Å². The molecule has 0 aliphatic carbocycles. The number of nitrogens with zero attached hydrogens (tertiary/aromatic N) is 1. The van der Waals surface area contributed by atoms with E-state index in [1.807, 2.05) is 18.2 Å². The number of ether oxygens (including phenoxy) is 2. The SMILES string of the molecule is CC(C)N(CCNC(=O)CCc1ccc2c(c1)OCO2)C(C)C. The molecule has 1 aliphatic rings. The van der Waals surface area contributed by atoms with E-state index in [4.69, 9.17) is 9.47 Å². The Labute approximate surface area is 139 Å². The van der Waals surface area contributed by atoms with Crippen LogP contribution in [-0.4, -0.2) is 42.8 Å². The third-order valence-corrected chi connectivity index (χ3v) is 4.10. The minimum absolute atomic E-state index is 0.0927. The summed E-state index contributed by atoms with van der Waals surface area (Å²) in [5.41, 5.74) is 1.09. The molecule has 0 radical (unpaired) electrons. The van der Waals surface area contributed by atoms with Crippen molar-refractivity contribution in [1.29, 1.82) is 0 Å². The molecule has 0 saturated carbocycles. The topological polar surface area (TPSA) is 50.8 Å². The molecule has 0 bridgehead atoms. The molecule has 1 aromatic rings. The number of rotatable bonds is 8. The fraction of sp³-hybridized carbons (Fsp3) is 0.611. The van der Waals surface area contributed by atoms with Crippen LogP contribution in [0.4, 0.5) is 0 Å². The smallest absolute Gasteiger partial charge is 0.231 e. The van der Waals surface area contributed by atoms with Crippen LogP contribution in [0.1, 0.15) is 39.7 Å². The van der Waals surface area contributed by atoms with Crippen LogP contribution < -0.4 is 14.8 Å². The van der Waals surface area contributed by atoms with Crippen LogP contribution in [0.3, 0.4) is 0 Å². The van der Waals surface area contributed by atoms with Gasteiger partial charge in [0.1, 0.15) is 0 Å². The Morgan fingerprint density at radius 2 is 1.87 bits per heavy atom. The summed E-state index contributed by atoms with van der Waals surface area (Å²) in [6.07, 6.45) is 1.20. The van der Waals surface area contributed by atoms with Crippen LogP contribution in [0, 0.1) is 0 Å². The Kier molecular flexibility index (Phi) is 6.28. The minimum atomic E-state index is 0.0927. The molecule has 0 spiro atoms. The number of amides is 1. The van der Waals surface area contributed by atoms with Gasteiger partial charge in [-0.1, -0.05) is 6.07 Å². The van der Waals surface area contributed by atoms with Crippen LogP contribution in [0.25, 0.3) is 0 Å². The molecule has 1 amide bonds. The Hall–Kier alpha value is -1.75. The number of hydrogen-bond donors (Lipinski definition) is 1. The van der Waals surface area contributed by atoms with E-state index in [0.717, 1.165) is 23.6 Å². The van der Waals surface area contributed by atoms with Gasteiger partial charge in [0.2, 0.25) is 12.7 Å². The van der Waals surface area contributed by atoms with Crippen LogP contribution in [0.2, 0.25) is 0 Å². The number of carbonyl (C=O) groups excluding carboxylic acids is 1. The lowest BCUT2D eigenvalue weighted by Crippen LogP contribution is -2.42. The van der Waals surface area contributed by atoms with E-state index >= 15 is 0 Å². The van der Waals surface area contributed by atoms with Crippen molar-refractivity contribution >= 4 is 5.91 Å². The molecular weight excluding hydrogens is 292 g/mol. The highest BCUT2D eigenvalue weighted by Crippen LogP contribution is 2.32. The Balaban J connectivity index is 1.71. The zero-order valence-corrected chi connectivity index (χ0v) is 14.6. The summed E-state index contributed by atoms with van der Waals surface area (Å²) in [7, 11) is 0. The molecule has 2 rings (SSSR count). The average Bonchev–Trinajstić information content (AvgIpc) is 2.96. The van der Waals surface area contributed by atoms with Gasteiger partial charge in [-0.05, 0) is 51.8 Å². The van der Waals surface area contributed by atoms with Gasteiger partial charge in [-0.15, -0.1) is 0 Å². The van der Waals surface area contributed by atoms with Gasteiger partial charge < -0.3 is 14.8 Å². The second-order valence-corrected chi connectivity index (χ2v) is 6.46. The highest BCUT2D eigenvalue weighted by Gasteiger charge is 2.15. The first kappa shape index (κ1) is 17.6. The molecule has 5 nitrogen and oxygen atoms in total. The molecule has 0 fully saturated rings. The lowest BCUT2D eigenvalue weighted by Gasteiger charge is -2.30. The average molecular weight is 320 g/mol. The molecule has 128 valence electrons. The van der Waals surface area contributed by atoms with Crippen molar-refractivity contribution in [2.45, 2.75) is 52.6 Å². The molecule has 0 aromatic heterocycles. The standard InChI is InChI=1S/C18H28N2O3/c1-13(2)20(14(3)4)10-9-19-18(21)8-6-15-5-7-16-17(11-15)23-12-22-16/h5,7,11,13-14H,6,8-10,12H2,1-4H3,(H,19,21). The summed E-state index contributed by atoms with van der Waals surface area (Å²) >= 11 is 0. The van der Waals surface area contributed by atoms with E-state index in [9.17, 15) is 4.79 Å². The van der Waals surface area contributed by atoms with Crippen LogP contribution >= 0.6 is 0 Å². The van der Waals surface area contributed by atoms with E-state index in [1.165, 1.54) is 0 Å². The van der Waals surface area contributed by atoms with Crippen LogP contribution in [0.15, 0.2) is 18.2 Å². The summed E-state index contributed by atoms with van der Waals surface area (Å²) < 4.78 is 10.6. The zero-order valence-electron chi connectivity index (χ0n) is 14.6. The Bertz CT molecular complexity index is 521. The van der Waals surface area contributed by atoms with Gasteiger partial charge in [0.25, 0.3) is 0 Å². The fourth-order valence-corrected chi connectivity index (χ4v) is 2.88. The molecule has 1 N–H and O–H groups in total. The third-order valence-electron chi connectivity index (χ3n) is 4.10. The van der Waals surface area contributed by atoms with Gasteiger partial charge in [0.15, 0.2) is 11.5 Å². The van der Waals surface area contributed by atoms with E-state index in [1.54, 1.807) is 0 Å². The summed E-state index contributed by atoms with van der Waals surface area (Å²) in [5.74, 6) is 1.64. The van der Waals surface area contributed by atoms with Gasteiger partial charge in [-0.25, -0.2) is 0 Å². The quantitative estimate of drug-likeness (QED) is 0.800. The molecule has 5 heteroatoms. The number of benzene rings is 1. The maximum absolute atomic E-state index is 12.0. The molecule has 1 aliphatic heterocycles. The van der Waals surface area contributed by atoms with E-state index in [2.05, 4.69) is 37.9 Å². The molecule has 0 atom stereocenters. The summed E-state index contributed by atoms with van der Waals surface area (Å²) in [6.45, 7) is 10.6. The number of carbonyl (C=O) groups is 1. The van der Waals surface area contributed by atoms with Gasteiger partial charge in [0.05, 0.1) is 0 Å². The number of nitrogens with one attached hydrogen (secondary N) is 1. The number of hydrogen-bond acceptors (Lipinski definition) is 4. The summed E-state index contributed by atoms with van der Waals surface area (Å²) in [4.78, 5) is 14.4. The highest BCUT2D eigenvalue weighted by atomic mass is 16.7. The van der Waals surface area contributed by atoms with Gasteiger partial charge >= 0.3 is 0 Å². The van der Waals surface area contributed by atoms with Gasteiger partial charge in [0, 0.05) is 31.6 Å². The lowest BCUT2D eigenvalue weighted by molar-refractivity contribution is -0.121. The first-order valence-electron chi connectivity index (χ1n) is 8.38. The molecule has 0 saturated heterocycles. The predicted octanol–water partition coefficient (Wildman–Crippen LogP) is 2.58. The Morgan fingerprint density at radius 3 is 2.57 bits per heavy atom. The minimum Gasteiger partial charge on any atom is -0.454 e. The van der Waals surface area contributed by atoms with Gasteiger partial charge in [-0.3, -0.25) is 9.69 Å². The molecule has 23 heavy (non-hydrogen) atoms. The lowest BCUT2D eigenvalue weighted by atomic mass is 10.1. The third kappa shape index (κ3) is 5.13. The van der Waals surface area contributed by atoms with Crippen LogP contribution in [0.5, 0.6) is 11.5 Å². The second-order valence-electron chi connectivity index (χ2n) is 6.46. The van der Waals surface area contributed by atoms with Crippen molar-refractivity contribution in [3.63, 3.8) is 0 Å². The predicted molar refractivity (Wildman–Crippen MR) is 90.9 cm³/mol. The molecule has 1 heterocycles. The van der Waals surface area contributed by atoms with E-state index < -0.39 is 0 Å². The highest BCUT2D eigenvalue weighted by molar-refractivity contribution is 5.76. The largest absolute Gasteiger partial charge is 0.454 e.